The molecule has 0 bridgehead atoms. The molecule has 0 heterocycles. The minimum absolute atomic E-state index is 0.135. The van der Waals surface area contributed by atoms with Gasteiger partial charge in [0.25, 0.3) is 0 Å². The minimum Gasteiger partial charge on any atom is -0.495 e. The number of carbonyl (C=O) groups is 1. The molecule has 8 heteroatoms. The Hall–Kier alpha value is -2.87. The summed E-state index contributed by atoms with van der Waals surface area (Å²) in [5.74, 6) is -0.0624. The third kappa shape index (κ3) is 6.07. The highest BCUT2D eigenvalue weighted by atomic mass is 35.5. The molecule has 3 rings (SSSR count). The Labute approximate surface area is 187 Å². The molecule has 0 saturated carbocycles. The third-order valence-electron chi connectivity index (χ3n) is 4.63. The van der Waals surface area contributed by atoms with Gasteiger partial charge in [0, 0.05) is 11.6 Å². The molecule has 0 aliphatic heterocycles. The quantitative estimate of drug-likeness (QED) is 0.521. The van der Waals surface area contributed by atoms with Crippen molar-refractivity contribution in [2.24, 2.45) is 0 Å². The van der Waals surface area contributed by atoms with Crippen LogP contribution in [0.5, 0.6) is 5.75 Å². The smallest absolute Gasteiger partial charge is 0.243 e. The summed E-state index contributed by atoms with van der Waals surface area (Å²) in [6.07, 6.45) is 0.473. The van der Waals surface area contributed by atoms with Gasteiger partial charge in [-0.1, -0.05) is 60.1 Å². The monoisotopic (exact) mass is 458 g/mol. The normalized spacial score (nSPS) is 11.3. The molecular weight excluding hydrogens is 436 g/mol. The number of sulfonamides is 1. The van der Waals surface area contributed by atoms with Crippen LogP contribution in [0, 0.1) is 0 Å². The lowest BCUT2D eigenvalue weighted by molar-refractivity contribution is -0.116. The predicted octanol–water partition coefficient (Wildman–Crippen LogP) is 4.22. The Morgan fingerprint density at radius 1 is 1.00 bits per heavy atom. The van der Waals surface area contributed by atoms with Crippen molar-refractivity contribution in [3.05, 3.63) is 89.4 Å². The molecule has 1 amide bonds. The van der Waals surface area contributed by atoms with Crippen molar-refractivity contribution in [3.63, 3.8) is 0 Å². The largest absolute Gasteiger partial charge is 0.495 e. The summed E-state index contributed by atoms with van der Waals surface area (Å²) in [5.41, 5.74) is 1.35. The standard InChI is InChI=1S/C23H23ClN2O4S/c1-30-22-13-12-19(24)16-21(22)25-23(27)17-26(15-14-18-8-4-2-5-9-18)31(28,29)20-10-6-3-7-11-20/h2-13,16H,14-15,17H2,1H3,(H,25,27). The van der Waals surface area contributed by atoms with Crippen LogP contribution in [0.1, 0.15) is 5.56 Å². The van der Waals surface area contributed by atoms with Crippen molar-refractivity contribution in [1.82, 2.24) is 4.31 Å². The first kappa shape index (κ1) is 22.8. The number of nitrogens with one attached hydrogen (secondary N) is 1. The second-order valence-electron chi connectivity index (χ2n) is 6.78. The second-order valence-corrected chi connectivity index (χ2v) is 9.15. The van der Waals surface area contributed by atoms with Gasteiger partial charge in [-0.05, 0) is 42.3 Å². The van der Waals surface area contributed by atoms with E-state index in [9.17, 15) is 13.2 Å². The molecule has 1 N–H and O–H groups in total. The van der Waals surface area contributed by atoms with Gasteiger partial charge in [0.1, 0.15) is 5.75 Å². The van der Waals surface area contributed by atoms with E-state index in [0.29, 0.717) is 22.9 Å². The number of anilines is 1. The van der Waals surface area contributed by atoms with Gasteiger partial charge in [-0.2, -0.15) is 4.31 Å². The average Bonchev–Trinajstić information content (AvgIpc) is 2.78. The Balaban J connectivity index is 1.82. The summed E-state index contributed by atoms with van der Waals surface area (Å²) in [6, 6.07) is 22.4. The number of methoxy groups -OCH3 is 1. The van der Waals surface area contributed by atoms with E-state index in [2.05, 4.69) is 5.32 Å². The summed E-state index contributed by atoms with van der Waals surface area (Å²) in [6.45, 7) is -0.193. The first-order chi connectivity index (χ1) is 14.9. The highest BCUT2D eigenvalue weighted by molar-refractivity contribution is 7.89. The van der Waals surface area contributed by atoms with E-state index in [4.69, 9.17) is 16.3 Å². The van der Waals surface area contributed by atoms with Crippen molar-refractivity contribution in [2.75, 3.05) is 25.5 Å². The van der Waals surface area contributed by atoms with Crippen LogP contribution in [0.15, 0.2) is 83.8 Å². The number of amides is 1. The summed E-state index contributed by atoms with van der Waals surface area (Å²) in [7, 11) is -2.39. The zero-order valence-electron chi connectivity index (χ0n) is 17.0. The number of hydrogen-bond donors (Lipinski definition) is 1. The van der Waals surface area contributed by atoms with Gasteiger partial charge in [-0.15, -0.1) is 0 Å². The Kier molecular flexibility index (Phi) is 7.68. The molecule has 31 heavy (non-hydrogen) atoms. The minimum atomic E-state index is -3.87. The molecule has 0 fully saturated rings. The van der Waals surface area contributed by atoms with Gasteiger partial charge >= 0.3 is 0 Å². The number of nitrogens with zero attached hydrogens (tertiary/aromatic N) is 1. The van der Waals surface area contributed by atoms with Gasteiger partial charge in [0.05, 0.1) is 24.2 Å². The molecule has 3 aromatic carbocycles. The third-order valence-corrected chi connectivity index (χ3v) is 6.72. The molecule has 3 aromatic rings. The highest BCUT2D eigenvalue weighted by Crippen LogP contribution is 2.27. The lowest BCUT2D eigenvalue weighted by atomic mass is 10.1. The van der Waals surface area contributed by atoms with Gasteiger partial charge in [0.2, 0.25) is 15.9 Å². The van der Waals surface area contributed by atoms with E-state index in [1.54, 1.807) is 36.4 Å². The molecule has 0 saturated heterocycles. The van der Waals surface area contributed by atoms with Crippen molar-refractivity contribution >= 4 is 33.2 Å². The SMILES string of the molecule is COc1ccc(Cl)cc1NC(=O)CN(CCc1ccccc1)S(=O)(=O)c1ccccc1. The van der Waals surface area contributed by atoms with Crippen molar-refractivity contribution < 1.29 is 17.9 Å². The molecule has 0 radical (unpaired) electrons. The number of halogens is 1. The van der Waals surface area contributed by atoms with E-state index in [1.165, 1.54) is 23.5 Å². The Morgan fingerprint density at radius 3 is 2.29 bits per heavy atom. The van der Waals surface area contributed by atoms with Crippen LogP contribution >= 0.6 is 11.6 Å². The molecule has 0 spiro atoms. The maximum Gasteiger partial charge on any atom is 0.243 e. The topological polar surface area (TPSA) is 75.7 Å². The first-order valence-corrected chi connectivity index (χ1v) is 11.4. The van der Waals surface area contributed by atoms with Gasteiger partial charge in [-0.3, -0.25) is 4.79 Å². The summed E-state index contributed by atoms with van der Waals surface area (Å²) in [5, 5.41) is 3.12. The maximum absolute atomic E-state index is 13.2. The molecule has 0 aliphatic carbocycles. The van der Waals surface area contributed by atoms with Crippen molar-refractivity contribution in [1.29, 1.82) is 0 Å². The Bertz CT molecular complexity index is 1120. The van der Waals surface area contributed by atoms with E-state index in [-0.39, 0.29) is 18.0 Å². The Morgan fingerprint density at radius 2 is 1.65 bits per heavy atom. The number of carbonyl (C=O) groups excluding carboxylic acids is 1. The highest BCUT2D eigenvalue weighted by Gasteiger charge is 2.26. The fraction of sp³-hybridized carbons (Fsp3) is 0.174. The van der Waals surface area contributed by atoms with E-state index < -0.39 is 15.9 Å². The molecule has 6 nitrogen and oxygen atoms in total. The second kappa shape index (κ2) is 10.4. The van der Waals surface area contributed by atoms with Crippen LogP contribution in [-0.2, 0) is 21.2 Å². The lowest BCUT2D eigenvalue weighted by Gasteiger charge is -2.22. The summed E-state index contributed by atoms with van der Waals surface area (Å²) >= 11 is 6.02. The molecule has 0 atom stereocenters. The summed E-state index contributed by atoms with van der Waals surface area (Å²) < 4.78 is 32.9. The molecular formula is C23H23ClN2O4S. The fourth-order valence-corrected chi connectivity index (χ4v) is 4.64. The molecule has 0 unspecified atom stereocenters. The van der Waals surface area contributed by atoms with E-state index in [1.807, 2.05) is 30.3 Å². The van der Waals surface area contributed by atoms with Crippen LogP contribution in [-0.4, -0.2) is 38.8 Å². The zero-order valence-corrected chi connectivity index (χ0v) is 18.6. The van der Waals surface area contributed by atoms with Crippen LogP contribution in [0.2, 0.25) is 5.02 Å². The van der Waals surface area contributed by atoms with Gasteiger partial charge < -0.3 is 10.1 Å². The first-order valence-electron chi connectivity index (χ1n) is 9.62. The molecule has 0 aromatic heterocycles. The maximum atomic E-state index is 13.2. The van der Waals surface area contributed by atoms with E-state index in [0.717, 1.165) is 5.56 Å². The molecule has 0 aliphatic rings. The van der Waals surface area contributed by atoms with E-state index >= 15 is 0 Å². The van der Waals surface area contributed by atoms with Crippen LogP contribution in [0.25, 0.3) is 0 Å². The number of rotatable bonds is 9. The lowest BCUT2D eigenvalue weighted by Crippen LogP contribution is -2.39. The summed E-state index contributed by atoms with van der Waals surface area (Å²) in [4.78, 5) is 12.9. The van der Waals surface area contributed by atoms with Crippen LogP contribution in [0.4, 0.5) is 5.69 Å². The zero-order chi connectivity index (χ0) is 22.3. The van der Waals surface area contributed by atoms with Crippen LogP contribution < -0.4 is 10.1 Å². The van der Waals surface area contributed by atoms with Crippen molar-refractivity contribution in [3.8, 4) is 5.75 Å². The molecule has 162 valence electrons. The van der Waals surface area contributed by atoms with Crippen LogP contribution in [0.3, 0.4) is 0 Å². The van der Waals surface area contributed by atoms with Gasteiger partial charge in [0.15, 0.2) is 0 Å². The number of ether oxygens (including phenoxy) is 1. The average molecular weight is 459 g/mol. The number of benzene rings is 3. The van der Waals surface area contributed by atoms with Crippen molar-refractivity contribution in [2.45, 2.75) is 11.3 Å². The fourth-order valence-electron chi connectivity index (χ4n) is 3.05. The van der Waals surface area contributed by atoms with Gasteiger partial charge in [-0.25, -0.2) is 8.42 Å². The predicted molar refractivity (Wildman–Crippen MR) is 122 cm³/mol. The number of hydrogen-bond acceptors (Lipinski definition) is 4.